The molecule has 0 atom stereocenters. The molecule has 0 spiro atoms. The quantitative estimate of drug-likeness (QED) is 0.574. The molecule has 0 saturated carbocycles. The molecule has 0 N–H and O–H groups in total. The van der Waals surface area contributed by atoms with E-state index in [1.54, 1.807) is 33.8 Å². The van der Waals surface area contributed by atoms with Crippen LogP contribution in [0.5, 0.6) is 0 Å². The van der Waals surface area contributed by atoms with Crippen LogP contribution < -0.4 is 0 Å². The van der Waals surface area contributed by atoms with Crippen molar-refractivity contribution in [3.63, 3.8) is 0 Å². The Morgan fingerprint density at radius 2 is 2.00 bits per heavy atom. The fraction of sp³-hybridized carbons (Fsp3) is 0.250. The van der Waals surface area contributed by atoms with E-state index in [4.69, 9.17) is 0 Å². The molecule has 2 nitrogen and oxygen atoms in total. The molecule has 0 radical (unpaired) electrons. The van der Waals surface area contributed by atoms with Crippen LogP contribution >= 0.6 is 0 Å². The van der Waals surface area contributed by atoms with E-state index in [0.29, 0.717) is 22.5 Å². The number of hydrogen-bond donors (Lipinski definition) is 0. The first-order chi connectivity index (χ1) is 9.40. The van der Waals surface area contributed by atoms with Crippen molar-refractivity contribution < 1.29 is 8.78 Å². The van der Waals surface area contributed by atoms with Crippen LogP contribution in [-0.2, 0) is 0 Å². The van der Waals surface area contributed by atoms with Crippen LogP contribution in [-0.4, -0.2) is 10.7 Å². The third-order valence-electron chi connectivity index (χ3n) is 2.85. The third-order valence-corrected chi connectivity index (χ3v) is 2.85. The first kappa shape index (κ1) is 16.0. The first-order valence-electron chi connectivity index (χ1n) is 6.26. The topological polar surface area (TPSA) is 25.2 Å². The average Bonchev–Trinajstić information content (AvgIpc) is 2.42. The molecule has 0 aliphatic heterocycles. The summed E-state index contributed by atoms with van der Waals surface area (Å²) in [6.07, 6.45) is 4.25. The Kier molecular flexibility index (Phi) is 5.50. The normalized spacial score (nSPS) is 13.6. The summed E-state index contributed by atoms with van der Waals surface area (Å²) in [7, 11) is 0. The Morgan fingerprint density at radius 1 is 1.35 bits per heavy atom. The van der Waals surface area contributed by atoms with Gasteiger partial charge in [0.25, 0.3) is 0 Å². The summed E-state index contributed by atoms with van der Waals surface area (Å²) in [5.41, 5.74) is 2.52. The molecule has 0 unspecified atom stereocenters. The second-order valence-electron chi connectivity index (χ2n) is 4.27. The lowest BCUT2D eigenvalue weighted by Gasteiger charge is -2.10. The second-order valence-corrected chi connectivity index (χ2v) is 4.27. The van der Waals surface area contributed by atoms with Gasteiger partial charge in [-0.3, -0.25) is 9.98 Å². The van der Waals surface area contributed by atoms with E-state index in [0.717, 1.165) is 6.20 Å². The molecule has 4 heteroatoms. The molecule has 0 aliphatic rings. The van der Waals surface area contributed by atoms with Crippen molar-refractivity contribution in [2.45, 2.75) is 27.7 Å². The fourth-order valence-electron chi connectivity index (χ4n) is 1.78. The lowest BCUT2D eigenvalue weighted by Crippen LogP contribution is -1.98. The van der Waals surface area contributed by atoms with E-state index in [1.165, 1.54) is 12.1 Å². The van der Waals surface area contributed by atoms with Gasteiger partial charge in [-0.05, 0) is 39.8 Å². The van der Waals surface area contributed by atoms with Crippen molar-refractivity contribution in [1.82, 2.24) is 4.98 Å². The highest BCUT2D eigenvalue weighted by molar-refractivity contribution is 5.98. The number of aliphatic imine (C=N–C) groups is 1. The molecule has 1 aromatic heterocycles. The van der Waals surface area contributed by atoms with Gasteiger partial charge in [-0.1, -0.05) is 12.7 Å². The summed E-state index contributed by atoms with van der Waals surface area (Å²) in [6, 6.07) is 1.37. The lowest BCUT2D eigenvalue weighted by atomic mass is 10.0. The first-order valence-corrected chi connectivity index (χ1v) is 6.26. The maximum absolute atomic E-state index is 13.4. The summed E-state index contributed by atoms with van der Waals surface area (Å²) in [6.45, 7) is 10.5. The molecule has 106 valence electrons. The van der Waals surface area contributed by atoms with Gasteiger partial charge in [0.2, 0.25) is 0 Å². The van der Waals surface area contributed by atoms with Gasteiger partial charge in [0.1, 0.15) is 11.6 Å². The minimum atomic E-state index is -0.432. The second kappa shape index (κ2) is 6.89. The van der Waals surface area contributed by atoms with Gasteiger partial charge in [0.15, 0.2) is 0 Å². The van der Waals surface area contributed by atoms with E-state index in [-0.39, 0.29) is 5.71 Å². The predicted octanol–water partition coefficient (Wildman–Crippen LogP) is 4.78. The van der Waals surface area contributed by atoms with E-state index in [9.17, 15) is 8.78 Å². The van der Waals surface area contributed by atoms with Crippen molar-refractivity contribution in [2.75, 3.05) is 0 Å². The summed E-state index contributed by atoms with van der Waals surface area (Å²) in [4.78, 5) is 8.10. The Balaban J connectivity index is 3.22. The highest BCUT2D eigenvalue weighted by Crippen LogP contribution is 2.26. The van der Waals surface area contributed by atoms with Gasteiger partial charge in [0, 0.05) is 16.8 Å². The largest absolute Gasteiger partial charge is 0.258 e. The number of aromatic nitrogens is 1. The van der Waals surface area contributed by atoms with Crippen LogP contribution in [0.4, 0.5) is 8.78 Å². The number of halogens is 2. The number of aryl methyl sites for hydroxylation is 1. The maximum Gasteiger partial charge on any atom is 0.142 e. The van der Waals surface area contributed by atoms with Crippen molar-refractivity contribution in [2.24, 2.45) is 4.99 Å². The van der Waals surface area contributed by atoms with E-state index < -0.39 is 11.6 Å². The summed E-state index contributed by atoms with van der Waals surface area (Å²) >= 11 is 0. The van der Waals surface area contributed by atoms with Crippen molar-refractivity contribution in [3.8, 4) is 0 Å². The van der Waals surface area contributed by atoms with Gasteiger partial charge in [-0.2, -0.15) is 0 Å². The molecule has 0 amide bonds. The smallest absolute Gasteiger partial charge is 0.142 e. The van der Waals surface area contributed by atoms with Crippen molar-refractivity contribution in [3.05, 3.63) is 59.6 Å². The van der Waals surface area contributed by atoms with Crippen LogP contribution in [0, 0.1) is 12.7 Å². The van der Waals surface area contributed by atoms with Crippen LogP contribution in [0.1, 0.15) is 32.0 Å². The van der Waals surface area contributed by atoms with Crippen LogP contribution in [0.3, 0.4) is 0 Å². The zero-order valence-electron chi connectivity index (χ0n) is 12.2. The predicted molar refractivity (Wildman–Crippen MR) is 79.7 cm³/mol. The molecule has 20 heavy (non-hydrogen) atoms. The average molecular weight is 276 g/mol. The van der Waals surface area contributed by atoms with Crippen molar-refractivity contribution in [1.29, 1.82) is 0 Å². The number of hydrogen-bond acceptors (Lipinski definition) is 2. The molecule has 0 aromatic carbocycles. The minimum absolute atomic E-state index is 0.235. The molecule has 1 aromatic rings. The third kappa shape index (κ3) is 3.70. The standard InChI is InChI=1S/C16H18F2N2/c1-6-14(11(4)20-12(5)16(18)7-2)15-8-13(17)9-19-10(15)3/h6-9H,4H2,1-3,5H3/b14-6-,16-7+,20-12?. The maximum atomic E-state index is 13.4. The van der Waals surface area contributed by atoms with E-state index >= 15 is 0 Å². The van der Waals surface area contributed by atoms with E-state index in [2.05, 4.69) is 16.6 Å². The zero-order valence-corrected chi connectivity index (χ0v) is 12.2. The van der Waals surface area contributed by atoms with Crippen LogP contribution in [0.2, 0.25) is 0 Å². The molecular formula is C16H18F2N2. The molecule has 0 saturated heterocycles. The summed E-state index contributed by atoms with van der Waals surface area (Å²) in [5.74, 6) is -0.839. The van der Waals surface area contributed by atoms with Crippen LogP contribution in [0.15, 0.2) is 47.5 Å². The Bertz CT molecular complexity index is 611. The lowest BCUT2D eigenvalue weighted by molar-refractivity contribution is 0.619. The number of nitrogens with zero attached hydrogens (tertiary/aromatic N) is 2. The Labute approximate surface area is 118 Å². The molecular weight excluding hydrogens is 258 g/mol. The molecule has 1 heterocycles. The SMILES string of the molecule is C=C(N=C(C)/C(F)=C\C)/C(=C/C)c1cc(F)cnc1C. The summed E-state index contributed by atoms with van der Waals surface area (Å²) in [5, 5.41) is 0. The van der Waals surface area contributed by atoms with E-state index in [1.807, 2.05) is 0 Å². The zero-order chi connectivity index (χ0) is 15.3. The molecule has 0 bridgehead atoms. The minimum Gasteiger partial charge on any atom is -0.258 e. The van der Waals surface area contributed by atoms with Gasteiger partial charge in [-0.25, -0.2) is 8.78 Å². The number of allylic oxidation sites excluding steroid dienone is 4. The molecule has 1 rings (SSSR count). The fourth-order valence-corrected chi connectivity index (χ4v) is 1.78. The number of rotatable bonds is 4. The van der Waals surface area contributed by atoms with Crippen LogP contribution in [0.25, 0.3) is 5.57 Å². The number of pyridine rings is 1. The molecule has 0 aliphatic carbocycles. The highest BCUT2D eigenvalue weighted by Gasteiger charge is 2.11. The van der Waals surface area contributed by atoms with Gasteiger partial charge < -0.3 is 0 Å². The Hall–Kier alpha value is -2.10. The van der Waals surface area contributed by atoms with Crippen molar-refractivity contribution >= 4 is 11.3 Å². The van der Waals surface area contributed by atoms with Gasteiger partial charge >= 0.3 is 0 Å². The Morgan fingerprint density at radius 3 is 2.55 bits per heavy atom. The van der Waals surface area contributed by atoms with Gasteiger partial charge in [-0.15, -0.1) is 0 Å². The monoisotopic (exact) mass is 276 g/mol. The molecule has 0 fully saturated rings. The summed E-state index contributed by atoms with van der Waals surface area (Å²) < 4.78 is 26.7. The highest BCUT2D eigenvalue weighted by atomic mass is 19.1. The van der Waals surface area contributed by atoms with Gasteiger partial charge in [0.05, 0.1) is 17.6 Å².